The zero-order valence-electron chi connectivity index (χ0n) is 7.14. The maximum Gasteiger partial charge on any atom is 0.204 e. The number of carbonyl (C=O) groups is 2. The fourth-order valence-electron chi connectivity index (χ4n) is 1.80. The highest BCUT2D eigenvalue weighted by Gasteiger charge is 2.44. The van der Waals surface area contributed by atoms with Crippen molar-refractivity contribution in [1.29, 1.82) is 0 Å². The van der Waals surface area contributed by atoms with Crippen LogP contribution in [0.5, 0.6) is 0 Å². The lowest BCUT2D eigenvalue weighted by atomic mass is 9.80. The summed E-state index contributed by atoms with van der Waals surface area (Å²) < 4.78 is 0. The molecule has 1 rings (SSSR count). The van der Waals surface area contributed by atoms with Crippen molar-refractivity contribution < 1.29 is 9.59 Å². The first kappa shape index (κ1) is 8.44. The Hall–Kier alpha value is -0.660. The zero-order chi connectivity index (χ0) is 8.48. The minimum absolute atomic E-state index is 0.123. The molecule has 0 N–H and O–H groups in total. The Kier molecular flexibility index (Phi) is 2.12. The second-order valence-electron chi connectivity index (χ2n) is 3.24. The molecule has 1 saturated carbocycles. The first-order chi connectivity index (χ1) is 5.16. The fraction of sp³-hybridized carbons (Fsp3) is 0.778. The quantitative estimate of drug-likeness (QED) is 0.567. The Morgan fingerprint density at radius 1 is 1.27 bits per heavy atom. The minimum Gasteiger partial charge on any atom is -0.291 e. The molecule has 0 heterocycles. The molecule has 0 radical (unpaired) electrons. The van der Waals surface area contributed by atoms with E-state index >= 15 is 0 Å². The molecule has 62 valence electrons. The number of carbonyl (C=O) groups excluding carboxylic acids is 2. The van der Waals surface area contributed by atoms with Crippen LogP contribution in [0.4, 0.5) is 0 Å². The first-order valence-corrected chi connectivity index (χ1v) is 4.24. The van der Waals surface area contributed by atoms with Gasteiger partial charge in [-0.25, -0.2) is 0 Å². The van der Waals surface area contributed by atoms with Crippen molar-refractivity contribution in [2.45, 2.75) is 39.5 Å². The number of hydrogen-bond acceptors (Lipinski definition) is 2. The van der Waals surface area contributed by atoms with E-state index in [4.69, 9.17) is 0 Å². The summed E-state index contributed by atoms with van der Waals surface area (Å²) in [4.78, 5) is 22.3. The Balaban J connectivity index is 2.86. The summed E-state index contributed by atoms with van der Waals surface area (Å²) in [6.07, 6.45) is 2.88. The third-order valence-electron chi connectivity index (χ3n) is 2.92. The third kappa shape index (κ3) is 1.10. The van der Waals surface area contributed by atoms with Crippen molar-refractivity contribution in [3.05, 3.63) is 0 Å². The largest absolute Gasteiger partial charge is 0.291 e. The van der Waals surface area contributed by atoms with Gasteiger partial charge in [0.05, 0.1) is 0 Å². The number of Topliss-reactive ketones (excluding diaryl/α,β-unsaturated/α-hetero) is 2. The number of ketones is 2. The maximum absolute atomic E-state index is 11.3. The molecule has 1 fully saturated rings. The lowest BCUT2D eigenvalue weighted by Gasteiger charge is -2.21. The van der Waals surface area contributed by atoms with E-state index in [1.54, 1.807) is 0 Å². The highest BCUT2D eigenvalue weighted by molar-refractivity contribution is 6.41. The molecule has 0 aromatic heterocycles. The van der Waals surface area contributed by atoms with Gasteiger partial charge in [-0.15, -0.1) is 0 Å². The van der Waals surface area contributed by atoms with E-state index in [2.05, 4.69) is 0 Å². The highest BCUT2D eigenvalue weighted by Crippen LogP contribution is 2.38. The molecular formula is C9H14O2. The van der Waals surface area contributed by atoms with E-state index < -0.39 is 0 Å². The van der Waals surface area contributed by atoms with Gasteiger partial charge in [-0.2, -0.15) is 0 Å². The van der Waals surface area contributed by atoms with E-state index in [0.717, 1.165) is 19.3 Å². The molecule has 1 aliphatic rings. The molecule has 0 saturated heterocycles. The number of rotatable bonds is 2. The van der Waals surface area contributed by atoms with Crippen LogP contribution in [0.25, 0.3) is 0 Å². The van der Waals surface area contributed by atoms with Gasteiger partial charge in [0.25, 0.3) is 0 Å². The number of hydrogen-bond donors (Lipinski definition) is 0. The van der Waals surface area contributed by atoms with Crippen LogP contribution < -0.4 is 0 Å². The van der Waals surface area contributed by atoms with Gasteiger partial charge in [0.1, 0.15) is 0 Å². The van der Waals surface area contributed by atoms with Gasteiger partial charge < -0.3 is 0 Å². The Morgan fingerprint density at radius 3 is 2.00 bits per heavy atom. The van der Waals surface area contributed by atoms with Gasteiger partial charge in [0.15, 0.2) is 5.78 Å². The van der Waals surface area contributed by atoms with Crippen molar-refractivity contribution in [2.75, 3.05) is 0 Å². The van der Waals surface area contributed by atoms with Crippen LogP contribution in [0.3, 0.4) is 0 Å². The minimum atomic E-state index is -0.281. The maximum atomic E-state index is 11.3. The molecule has 0 aromatic rings. The Bertz CT molecular complexity index is 190. The Labute approximate surface area is 67.0 Å². The van der Waals surface area contributed by atoms with Crippen LogP contribution >= 0.6 is 0 Å². The normalized spacial score (nSPS) is 22.7. The molecule has 11 heavy (non-hydrogen) atoms. The fourth-order valence-corrected chi connectivity index (χ4v) is 1.80. The summed E-state index contributed by atoms with van der Waals surface area (Å²) in [5, 5.41) is 0. The summed E-state index contributed by atoms with van der Waals surface area (Å²) in [5.41, 5.74) is -0.281. The van der Waals surface area contributed by atoms with Gasteiger partial charge in [-0.3, -0.25) is 9.59 Å². The second kappa shape index (κ2) is 2.76. The molecule has 1 aliphatic carbocycles. The van der Waals surface area contributed by atoms with Crippen molar-refractivity contribution in [3.63, 3.8) is 0 Å². The van der Waals surface area contributed by atoms with Crippen molar-refractivity contribution >= 4 is 11.6 Å². The monoisotopic (exact) mass is 154 g/mol. The summed E-state index contributed by atoms with van der Waals surface area (Å²) >= 11 is 0. The molecule has 0 unspecified atom stereocenters. The van der Waals surface area contributed by atoms with Crippen molar-refractivity contribution in [2.24, 2.45) is 5.41 Å². The van der Waals surface area contributed by atoms with Crippen molar-refractivity contribution in [3.8, 4) is 0 Å². The summed E-state index contributed by atoms with van der Waals surface area (Å²) in [7, 11) is 0. The molecule has 0 aliphatic heterocycles. The average molecular weight is 154 g/mol. The summed E-state index contributed by atoms with van der Waals surface area (Å²) in [6.45, 7) is 3.97. The molecule has 0 spiro atoms. The summed E-state index contributed by atoms with van der Waals surface area (Å²) in [6, 6.07) is 0. The van der Waals surface area contributed by atoms with E-state index in [1.165, 1.54) is 0 Å². The van der Waals surface area contributed by atoms with Crippen molar-refractivity contribution in [1.82, 2.24) is 0 Å². The zero-order valence-corrected chi connectivity index (χ0v) is 7.14. The van der Waals surface area contributed by atoms with Crippen LogP contribution in [0.2, 0.25) is 0 Å². The molecule has 2 heteroatoms. The van der Waals surface area contributed by atoms with Gasteiger partial charge in [-0.1, -0.05) is 13.8 Å². The molecule has 2 nitrogen and oxygen atoms in total. The molecule has 0 aromatic carbocycles. The van der Waals surface area contributed by atoms with Gasteiger partial charge in [0.2, 0.25) is 5.78 Å². The molecular weight excluding hydrogens is 140 g/mol. The molecule has 0 atom stereocenters. The Morgan fingerprint density at radius 2 is 1.82 bits per heavy atom. The third-order valence-corrected chi connectivity index (χ3v) is 2.92. The summed E-state index contributed by atoms with van der Waals surface area (Å²) in [5.74, 6) is -0.281. The SMILES string of the molecule is CCC1(CC)CCC(=O)C1=O. The van der Waals surface area contributed by atoms with Crippen LogP contribution in [-0.2, 0) is 9.59 Å². The van der Waals surface area contributed by atoms with Gasteiger partial charge >= 0.3 is 0 Å². The average Bonchev–Trinajstić information content (AvgIpc) is 2.32. The van der Waals surface area contributed by atoms with Crippen LogP contribution in [0.1, 0.15) is 39.5 Å². The first-order valence-electron chi connectivity index (χ1n) is 4.24. The second-order valence-corrected chi connectivity index (χ2v) is 3.24. The van der Waals surface area contributed by atoms with E-state index in [9.17, 15) is 9.59 Å². The molecule has 0 amide bonds. The standard InChI is InChI=1S/C9H14O2/c1-3-9(4-2)6-5-7(10)8(9)11/h3-6H2,1-2H3. The van der Waals surface area contributed by atoms with Crippen LogP contribution in [0, 0.1) is 5.41 Å². The van der Waals surface area contributed by atoms with E-state index in [1.807, 2.05) is 13.8 Å². The lowest BCUT2D eigenvalue weighted by molar-refractivity contribution is -0.138. The topological polar surface area (TPSA) is 34.1 Å². The van der Waals surface area contributed by atoms with E-state index in [0.29, 0.717) is 6.42 Å². The predicted octanol–water partition coefficient (Wildman–Crippen LogP) is 1.72. The van der Waals surface area contributed by atoms with E-state index in [-0.39, 0.29) is 17.0 Å². The molecule has 0 bridgehead atoms. The highest BCUT2D eigenvalue weighted by atomic mass is 16.2. The van der Waals surface area contributed by atoms with Gasteiger partial charge in [-0.05, 0) is 19.3 Å². The smallest absolute Gasteiger partial charge is 0.204 e. The van der Waals surface area contributed by atoms with Gasteiger partial charge in [0, 0.05) is 11.8 Å². The predicted molar refractivity (Wildman–Crippen MR) is 42.3 cm³/mol. The lowest BCUT2D eigenvalue weighted by Crippen LogP contribution is -2.27. The van der Waals surface area contributed by atoms with Crippen LogP contribution in [-0.4, -0.2) is 11.6 Å². The van der Waals surface area contributed by atoms with Crippen LogP contribution in [0.15, 0.2) is 0 Å².